The molecule has 2 heterocycles. The number of rotatable bonds is 4. The van der Waals surface area contributed by atoms with E-state index < -0.39 is 5.60 Å². The summed E-state index contributed by atoms with van der Waals surface area (Å²) in [4.78, 5) is 4.47. The van der Waals surface area contributed by atoms with Crippen molar-refractivity contribution in [2.24, 2.45) is 0 Å². The number of pyridine rings is 1. The Morgan fingerprint density at radius 1 is 1.04 bits per heavy atom. The Kier molecular flexibility index (Phi) is 4.50. The van der Waals surface area contributed by atoms with E-state index in [4.69, 9.17) is 4.52 Å². The van der Waals surface area contributed by atoms with Gasteiger partial charge in [0.05, 0.1) is 11.4 Å². The molecule has 3 aromatic rings. The third-order valence-corrected chi connectivity index (χ3v) is 5.11. The van der Waals surface area contributed by atoms with Gasteiger partial charge in [-0.2, -0.15) is 0 Å². The van der Waals surface area contributed by atoms with Gasteiger partial charge in [-0.3, -0.25) is 4.98 Å². The minimum atomic E-state index is -1.31. The average molecular weight is 358 g/mol. The molecule has 2 aromatic heterocycles. The molecular weight excluding hydrogens is 336 g/mol. The summed E-state index contributed by atoms with van der Waals surface area (Å²) in [6.45, 7) is 3.88. The lowest BCUT2D eigenvalue weighted by Crippen LogP contribution is -2.31. The molecular formula is C23H22N2O2. The monoisotopic (exact) mass is 358 g/mol. The van der Waals surface area contributed by atoms with Crippen molar-refractivity contribution in [1.29, 1.82) is 0 Å². The molecule has 0 saturated heterocycles. The summed E-state index contributed by atoms with van der Waals surface area (Å²) in [5.74, 6) is 0.807. The first-order chi connectivity index (χ1) is 13.1. The van der Waals surface area contributed by atoms with Crippen molar-refractivity contribution in [3.05, 3.63) is 101 Å². The molecule has 1 atom stereocenters. The van der Waals surface area contributed by atoms with Gasteiger partial charge in [0.15, 0.2) is 5.60 Å². The Balaban J connectivity index is 1.88. The zero-order valence-electron chi connectivity index (χ0n) is 15.5. The molecule has 0 saturated carbocycles. The standard InChI is InChI=1S/C23H22N2O2/c1-16-22(17(2)27-25-16)18-9-8-12-20(15-18)23(26,19-10-4-3-5-11-19)21-13-6-7-14-24-21/h3-7,10-15,26H,8-9H2,1-2H3. The molecule has 1 N–H and O–H groups in total. The lowest BCUT2D eigenvalue weighted by Gasteiger charge is -2.32. The zero-order chi connectivity index (χ0) is 18.9. The van der Waals surface area contributed by atoms with Crippen LogP contribution in [0.25, 0.3) is 5.57 Å². The van der Waals surface area contributed by atoms with E-state index in [0.717, 1.165) is 46.6 Å². The summed E-state index contributed by atoms with van der Waals surface area (Å²) in [5.41, 5.74) is 3.97. The number of nitrogens with zero attached hydrogens (tertiary/aromatic N) is 2. The van der Waals surface area contributed by atoms with E-state index in [1.54, 1.807) is 6.20 Å². The fourth-order valence-electron chi connectivity index (χ4n) is 3.81. The highest BCUT2D eigenvalue weighted by Gasteiger charge is 2.37. The number of hydrogen-bond acceptors (Lipinski definition) is 4. The Morgan fingerprint density at radius 3 is 2.48 bits per heavy atom. The Bertz CT molecular complexity index is 942. The average Bonchev–Trinajstić information content (AvgIpc) is 3.07. The summed E-state index contributed by atoms with van der Waals surface area (Å²) >= 11 is 0. The summed E-state index contributed by atoms with van der Waals surface area (Å²) in [6, 6.07) is 15.3. The maximum absolute atomic E-state index is 11.9. The van der Waals surface area contributed by atoms with Gasteiger partial charge in [-0.1, -0.05) is 53.7 Å². The molecule has 4 rings (SSSR count). The van der Waals surface area contributed by atoms with Gasteiger partial charge in [0, 0.05) is 11.8 Å². The van der Waals surface area contributed by atoms with Gasteiger partial charge in [-0.25, -0.2) is 0 Å². The molecule has 0 amide bonds. The first-order valence-electron chi connectivity index (χ1n) is 9.14. The van der Waals surface area contributed by atoms with Crippen LogP contribution in [0.5, 0.6) is 0 Å². The largest absolute Gasteiger partial charge is 0.374 e. The molecule has 0 radical (unpaired) electrons. The van der Waals surface area contributed by atoms with Crippen LogP contribution in [0.2, 0.25) is 0 Å². The molecule has 0 fully saturated rings. The van der Waals surface area contributed by atoms with Crippen LogP contribution in [0.15, 0.2) is 77.0 Å². The molecule has 1 aliphatic rings. The first-order valence-corrected chi connectivity index (χ1v) is 9.14. The van der Waals surface area contributed by atoms with Crippen molar-refractivity contribution in [3.8, 4) is 0 Å². The van der Waals surface area contributed by atoms with Crippen LogP contribution in [-0.2, 0) is 5.60 Å². The number of aromatic nitrogens is 2. The van der Waals surface area contributed by atoms with Crippen LogP contribution in [0.4, 0.5) is 0 Å². The quantitative estimate of drug-likeness (QED) is 0.733. The van der Waals surface area contributed by atoms with Crippen molar-refractivity contribution in [3.63, 3.8) is 0 Å². The van der Waals surface area contributed by atoms with Gasteiger partial charge < -0.3 is 9.63 Å². The SMILES string of the molecule is Cc1noc(C)c1C1=CC(C(O)(c2ccccc2)c2ccccn2)=CCC1. The smallest absolute Gasteiger partial charge is 0.156 e. The van der Waals surface area contributed by atoms with Crippen LogP contribution in [0.3, 0.4) is 0 Å². The zero-order valence-corrected chi connectivity index (χ0v) is 15.5. The summed E-state index contributed by atoms with van der Waals surface area (Å²) in [7, 11) is 0. The highest BCUT2D eigenvalue weighted by atomic mass is 16.5. The molecule has 0 aliphatic heterocycles. The molecule has 136 valence electrons. The molecule has 1 aromatic carbocycles. The Morgan fingerprint density at radius 2 is 1.81 bits per heavy atom. The highest BCUT2D eigenvalue weighted by molar-refractivity contribution is 5.73. The second kappa shape index (κ2) is 6.97. The van der Waals surface area contributed by atoms with Gasteiger partial charge in [-0.05, 0) is 55.5 Å². The van der Waals surface area contributed by atoms with E-state index >= 15 is 0 Å². The number of allylic oxidation sites excluding steroid dienone is 2. The van der Waals surface area contributed by atoms with Crippen molar-refractivity contribution in [2.75, 3.05) is 0 Å². The molecule has 1 aliphatic carbocycles. The van der Waals surface area contributed by atoms with Crippen LogP contribution in [0.1, 0.15) is 41.1 Å². The van der Waals surface area contributed by atoms with Gasteiger partial charge in [0.1, 0.15) is 5.76 Å². The number of hydrogen-bond donors (Lipinski definition) is 1. The van der Waals surface area contributed by atoms with Crippen LogP contribution in [0, 0.1) is 13.8 Å². The fourth-order valence-corrected chi connectivity index (χ4v) is 3.81. The number of benzene rings is 1. The third kappa shape index (κ3) is 3.02. The second-order valence-electron chi connectivity index (χ2n) is 6.86. The summed E-state index contributed by atoms with van der Waals surface area (Å²) < 4.78 is 5.35. The lowest BCUT2D eigenvalue weighted by molar-refractivity contribution is 0.119. The van der Waals surface area contributed by atoms with E-state index in [1.807, 2.05) is 62.4 Å². The van der Waals surface area contributed by atoms with Crippen molar-refractivity contribution in [1.82, 2.24) is 10.1 Å². The molecule has 0 spiro atoms. The number of aliphatic hydroxyl groups is 1. The van der Waals surface area contributed by atoms with Crippen molar-refractivity contribution < 1.29 is 9.63 Å². The van der Waals surface area contributed by atoms with Crippen LogP contribution >= 0.6 is 0 Å². The summed E-state index contributed by atoms with van der Waals surface area (Å²) in [5, 5.41) is 16.0. The third-order valence-electron chi connectivity index (χ3n) is 5.11. The second-order valence-corrected chi connectivity index (χ2v) is 6.86. The molecule has 4 nitrogen and oxygen atoms in total. The minimum Gasteiger partial charge on any atom is -0.374 e. The number of aryl methyl sites for hydroxylation is 2. The van der Waals surface area contributed by atoms with Crippen LogP contribution < -0.4 is 0 Å². The molecule has 1 unspecified atom stereocenters. The van der Waals surface area contributed by atoms with E-state index in [-0.39, 0.29) is 0 Å². The molecule has 4 heteroatoms. The highest BCUT2D eigenvalue weighted by Crippen LogP contribution is 2.41. The van der Waals surface area contributed by atoms with Crippen molar-refractivity contribution >= 4 is 5.57 Å². The van der Waals surface area contributed by atoms with Gasteiger partial charge in [0.25, 0.3) is 0 Å². The molecule has 27 heavy (non-hydrogen) atoms. The van der Waals surface area contributed by atoms with E-state index in [9.17, 15) is 5.11 Å². The van der Waals surface area contributed by atoms with Gasteiger partial charge in [-0.15, -0.1) is 0 Å². The van der Waals surface area contributed by atoms with Gasteiger partial charge in [0.2, 0.25) is 0 Å². The maximum atomic E-state index is 11.9. The fraction of sp³-hybridized carbons (Fsp3) is 0.217. The predicted molar refractivity (Wildman–Crippen MR) is 105 cm³/mol. The lowest BCUT2D eigenvalue weighted by atomic mass is 9.78. The minimum absolute atomic E-state index is 0.610. The predicted octanol–water partition coefficient (Wildman–Crippen LogP) is 4.73. The maximum Gasteiger partial charge on any atom is 0.156 e. The van der Waals surface area contributed by atoms with Crippen LogP contribution in [-0.4, -0.2) is 15.2 Å². The Labute approximate surface area is 158 Å². The van der Waals surface area contributed by atoms with Gasteiger partial charge >= 0.3 is 0 Å². The normalized spacial score (nSPS) is 16.4. The van der Waals surface area contributed by atoms with E-state index in [0.29, 0.717) is 5.69 Å². The van der Waals surface area contributed by atoms with Crippen molar-refractivity contribution in [2.45, 2.75) is 32.3 Å². The Hall–Kier alpha value is -2.98. The molecule has 0 bridgehead atoms. The topological polar surface area (TPSA) is 59.2 Å². The van der Waals surface area contributed by atoms with E-state index in [1.165, 1.54) is 0 Å². The first kappa shape index (κ1) is 17.4. The van der Waals surface area contributed by atoms with E-state index in [2.05, 4.69) is 22.3 Å². The summed E-state index contributed by atoms with van der Waals surface area (Å²) in [6.07, 6.45) is 7.61.